The van der Waals surface area contributed by atoms with Gasteiger partial charge < -0.3 is 9.80 Å². The van der Waals surface area contributed by atoms with E-state index in [0.29, 0.717) is 31.5 Å². The highest BCUT2D eigenvalue weighted by molar-refractivity contribution is 9.10. The molecule has 3 rings (SSSR count). The summed E-state index contributed by atoms with van der Waals surface area (Å²) in [4.78, 5) is 28.7. The molecule has 2 aliphatic rings. The number of hydrogen-bond donors (Lipinski definition) is 0. The Labute approximate surface area is 162 Å². The van der Waals surface area contributed by atoms with Crippen LogP contribution in [0.3, 0.4) is 0 Å². The lowest BCUT2D eigenvalue weighted by Crippen LogP contribution is -2.45. The molecule has 0 radical (unpaired) electrons. The standard InChI is InChI=1S/C20H24BrFN2O2/c21-17-5-6-18(22)16(14-17)4-7-19(25)23-12-8-15(9-13-23)20(26)24-10-2-1-3-11-24/h4-7,14-15H,1-3,8-13H2/b7-4+. The van der Waals surface area contributed by atoms with E-state index in [1.807, 2.05) is 4.90 Å². The van der Waals surface area contributed by atoms with E-state index in [4.69, 9.17) is 0 Å². The summed E-state index contributed by atoms with van der Waals surface area (Å²) in [5.41, 5.74) is 0.378. The first-order valence-electron chi connectivity index (χ1n) is 9.25. The van der Waals surface area contributed by atoms with Crippen LogP contribution in [0.25, 0.3) is 6.08 Å². The maximum atomic E-state index is 13.7. The third-order valence-electron chi connectivity index (χ3n) is 5.19. The van der Waals surface area contributed by atoms with Crippen molar-refractivity contribution >= 4 is 33.8 Å². The number of rotatable bonds is 3. The van der Waals surface area contributed by atoms with Crippen LogP contribution in [0.1, 0.15) is 37.7 Å². The Morgan fingerprint density at radius 1 is 1.04 bits per heavy atom. The summed E-state index contributed by atoms with van der Waals surface area (Å²) in [7, 11) is 0. The lowest BCUT2D eigenvalue weighted by Gasteiger charge is -2.35. The number of carbonyl (C=O) groups excluding carboxylic acids is 2. The van der Waals surface area contributed by atoms with Crippen molar-refractivity contribution in [3.63, 3.8) is 0 Å². The zero-order valence-electron chi connectivity index (χ0n) is 14.8. The molecule has 0 atom stereocenters. The minimum atomic E-state index is -0.358. The third-order valence-corrected chi connectivity index (χ3v) is 5.68. The molecule has 1 aromatic carbocycles. The Morgan fingerprint density at radius 3 is 2.42 bits per heavy atom. The average molecular weight is 423 g/mol. The minimum Gasteiger partial charge on any atom is -0.342 e. The lowest BCUT2D eigenvalue weighted by molar-refractivity contribution is -0.140. The predicted molar refractivity (Wildman–Crippen MR) is 103 cm³/mol. The van der Waals surface area contributed by atoms with E-state index in [9.17, 15) is 14.0 Å². The van der Waals surface area contributed by atoms with Crippen LogP contribution >= 0.6 is 15.9 Å². The van der Waals surface area contributed by atoms with Crippen molar-refractivity contribution < 1.29 is 14.0 Å². The van der Waals surface area contributed by atoms with Gasteiger partial charge in [0.1, 0.15) is 5.82 Å². The molecular weight excluding hydrogens is 399 g/mol. The highest BCUT2D eigenvalue weighted by atomic mass is 79.9. The van der Waals surface area contributed by atoms with Crippen LogP contribution in [-0.2, 0) is 9.59 Å². The molecule has 2 saturated heterocycles. The molecule has 2 heterocycles. The molecule has 4 nitrogen and oxygen atoms in total. The summed E-state index contributed by atoms with van der Waals surface area (Å²) >= 11 is 3.30. The quantitative estimate of drug-likeness (QED) is 0.693. The zero-order valence-corrected chi connectivity index (χ0v) is 16.4. The second-order valence-electron chi connectivity index (χ2n) is 6.98. The van der Waals surface area contributed by atoms with E-state index in [-0.39, 0.29) is 23.5 Å². The Hall–Kier alpha value is -1.69. The monoisotopic (exact) mass is 422 g/mol. The molecule has 0 N–H and O–H groups in total. The molecule has 26 heavy (non-hydrogen) atoms. The van der Waals surface area contributed by atoms with Crippen LogP contribution in [0.5, 0.6) is 0 Å². The van der Waals surface area contributed by atoms with Crippen LogP contribution in [0.15, 0.2) is 28.7 Å². The SMILES string of the molecule is O=C(/C=C/c1cc(Br)ccc1F)N1CCC(C(=O)N2CCCCC2)CC1. The van der Waals surface area contributed by atoms with Gasteiger partial charge in [-0.05, 0) is 56.4 Å². The van der Waals surface area contributed by atoms with Crippen LogP contribution in [0.2, 0.25) is 0 Å². The van der Waals surface area contributed by atoms with Gasteiger partial charge >= 0.3 is 0 Å². The summed E-state index contributed by atoms with van der Waals surface area (Å²) < 4.78 is 14.5. The number of benzene rings is 1. The number of likely N-dealkylation sites (tertiary alicyclic amines) is 2. The normalized spacial score (nSPS) is 19.2. The molecule has 0 saturated carbocycles. The average Bonchev–Trinajstić information content (AvgIpc) is 2.68. The van der Waals surface area contributed by atoms with Gasteiger partial charge in [-0.3, -0.25) is 9.59 Å². The molecule has 2 aliphatic heterocycles. The topological polar surface area (TPSA) is 40.6 Å². The molecule has 2 amide bonds. The van der Waals surface area contributed by atoms with Crippen molar-refractivity contribution in [2.45, 2.75) is 32.1 Å². The zero-order chi connectivity index (χ0) is 18.5. The van der Waals surface area contributed by atoms with Gasteiger partial charge in [-0.2, -0.15) is 0 Å². The van der Waals surface area contributed by atoms with Crippen molar-refractivity contribution in [3.05, 3.63) is 40.1 Å². The summed E-state index contributed by atoms with van der Waals surface area (Å²) in [6.07, 6.45) is 7.74. The number of carbonyl (C=O) groups is 2. The van der Waals surface area contributed by atoms with Crippen LogP contribution in [0, 0.1) is 11.7 Å². The van der Waals surface area contributed by atoms with Crippen molar-refractivity contribution in [1.29, 1.82) is 0 Å². The van der Waals surface area contributed by atoms with Gasteiger partial charge in [0.25, 0.3) is 0 Å². The maximum Gasteiger partial charge on any atom is 0.246 e. The molecule has 140 valence electrons. The van der Waals surface area contributed by atoms with Crippen LogP contribution in [-0.4, -0.2) is 47.8 Å². The fourth-order valence-electron chi connectivity index (χ4n) is 3.63. The van der Waals surface area contributed by atoms with Gasteiger partial charge in [-0.1, -0.05) is 15.9 Å². The molecular formula is C20H24BrFN2O2. The van der Waals surface area contributed by atoms with Crippen LogP contribution < -0.4 is 0 Å². The van der Waals surface area contributed by atoms with E-state index in [1.165, 1.54) is 24.6 Å². The Balaban J connectivity index is 1.52. The first-order valence-corrected chi connectivity index (χ1v) is 10.0. The van der Waals surface area contributed by atoms with E-state index in [2.05, 4.69) is 15.9 Å². The molecule has 0 bridgehead atoms. The number of halogens is 2. The van der Waals surface area contributed by atoms with Crippen LogP contribution in [0.4, 0.5) is 4.39 Å². The number of amides is 2. The molecule has 0 aliphatic carbocycles. The highest BCUT2D eigenvalue weighted by Gasteiger charge is 2.30. The van der Waals surface area contributed by atoms with Crippen molar-refractivity contribution in [2.24, 2.45) is 5.92 Å². The third kappa shape index (κ3) is 4.72. The summed E-state index contributed by atoms with van der Waals surface area (Å²) in [6, 6.07) is 4.63. The number of nitrogens with zero attached hydrogens (tertiary/aromatic N) is 2. The summed E-state index contributed by atoms with van der Waals surface area (Å²) in [5, 5.41) is 0. The van der Waals surface area contributed by atoms with Gasteiger partial charge in [0, 0.05) is 48.2 Å². The van der Waals surface area contributed by atoms with Gasteiger partial charge in [0.05, 0.1) is 0 Å². The molecule has 0 spiro atoms. The van der Waals surface area contributed by atoms with E-state index < -0.39 is 0 Å². The van der Waals surface area contributed by atoms with Crippen molar-refractivity contribution in [3.8, 4) is 0 Å². The first-order chi connectivity index (χ1) is 12.5. The predicted octanol–water partition coefficient (Wildman–Crippen LogP) is 3.85. The maximum absolute atomic E-state index is 13.7. The van der Waals surface area contributed by atoms with Gasteiger partial charge in [0.2, 0.25) is 11.8 Å². The summed E-state index contributed by atoms with van der Waals surface area (Å²) in [5.74, 6) is -0.205. The highest BCUT2D eigenvalue weighted by Crippen LogP contribution is 2.22. The molecule has 2 fully saturated rings. The fourth-order valence-corrected chi connectivity index (χ4v) is 4.01. The smallest absolute Gasteiger partial charge is 0.246 e. The second-order valence-corrected chi connectivity index (χ2v) is 7.90. The molecule has 0 aromatic heterocycles. The van der Waals surface area contributed by atoms with Gasteiger partial charge in [0.15, 0.2) is 0 Å². The van der Waals surface area contributed by atoms with Crippen molar-refractivity contribution in [1.82, 2.24) is 9.80 Å². The van der Waals surface area contributed by atoms with E-state index in [0.717, 1.165) is 30.4 Å². The summed E-state index contributed by atoms with van der Waals surface area (Å²) in [6.45, 7) is 2.90. The second kappa shape index (κ2) is 8.80. The number of hydrogen-bond acceptors (Lipinski definition) is 2. The van der Waals surface area contributed by atoms with Gasteiger partial charge in [-0.25, -0.2) is 4.39 Å². The Bertz CT molecular complexity index is 693. The van der Waals surface area contributed by atoms with Crippen molar-refractivity contribution in [2.75, 3.05) is 26.2 Å². The first kappa shape index (κ1) is 19.1. The number of piperidine rings is 2. The van der Waals surface area contributed by atoms with Gasteiger partial charge in [-0.15, -0.1) is 0 Å². The minimum absolute atomic E-state index is 0.0312. The largest absolute Gasteiger partial charge is 0.342 e. The van der Waals surface area contributed by atoms with E-state index >= 15 is 0 Å². The lowest BCUT2D eigenvalue weighted by atomic mass is 9.94. The van der Waals surface area contributed by atoms with E-state index in [1.54, 1.807) is 17.0 Å². The Kier molecular flexibility index (Phi) is 6.46. The Morgan fingerprint density at radius 2 is 1.73 bits per heavy atom. The molecule has 0 unspecified atom stereocenters. The molecule has 1 aromatic rings. The fraction of sp³-hybridized carbons (Fsp3) is 0.500. The molecule has 6 heteroatoms.